The van der Waals surface area contributed by atoms with Crippen LogP contribution in [0.4, 0.5) is 0 Å². The highest BCUT2D eigenvalue weighted by Gasteiger charge is 2.19. The van der Waals surface area contributed by atoms with Gasteiger partial charge in [0.2, 0.25) is 0 Å². The van der Waals surface area contributed by atoms with Crippen molar-refractivity contribution in [1.29, 1.82) is 0 Å². The quantitative estimate of drug-likeness (QED) is 0.154. The van der Waals surface area contributed by atoms with E-state index in [1.807, 2.05) is 18.2 Å². The van der Waals surface area contributed by atoms with Crippen molar-refractivity contribution in [2.45, 2.75) is 0 Å². The minimum atomic E-state index is 0.590. The fraction of sp³-hybridized carbons (Fsp3) is 0. The number of furan rings is 1. The first-order chi connectivity index (χ1) is 30.2. The SMILES string of the molecule is c1ccc(-c2cccc(-c3nc(-c4cccc(-c5ccccc5)c4)nc(-c4cccc(-c5cccc6c5oc5c(-c7ccccc7)cc(-c7ccccc7)cc56)c4)n3)c2)cc1. The van der Waals surface area contributed by atoms with Crippen LogP contribution < -0.4 is 0 Å². The molecule has 286 valence electrons. The van der Waals surface area contributed by atoms with E-state index in [0.717, 1.165) is 94.3 Å². The van der Waals surface area contributed by atoms with Crippen LogP contribution in [-0.4, -0.2) is 15.0 Å². The van der Waals surface area contributed by atoms with Crippen molar-refractivity contribution >= 4 is 21.9 Å². The lowest BCUT2D eigenvalue weighted by Crippen LogP contribution is -2.00. The molecular formula is C57H37N3O. The third-order valence-electron chi connectivity index (χ3n) is 11.3. The molecule has 0 radical (unpaired) electrons. The minimum Gasteiger partial charge on any atom is -0.455 e. The van der Waals surface area contributed by atoms with Crippen molar-refractivity contribution in [2.75, 3.05) is 0 Å². The third kappa shape index (κ3) is 6.96. The third-order valence-corrected chi connectivity index (χ3v) is 11.3. The zero-order valence-corrected chi connectivity index (χ0v) is 33.1. The van der Waals surface area contributed by atoms with E-state index in [-0.39, 0.29) is 0 Å². The molecule has 0 aliphatic heterocycles. The Morgan fingerprint density at radius 3 is 1.11 bits per heavy atom. The van der Waals surface area contributed by atoms with Gasteiger partial charge in [0.05, 0.1) is 0 Å². The molecule has 0 fully saturated rings. The van der Waals surface area contributed by atoms with Crippen LogP contribution in [0.3, 0.4) is 0 Å². The van der Waals surface area contributed by atoms with E-state index in [0.29, 0.717) is 17.5 Å². The van der Waals surface area contributed by atoms with Gasteiger partial charge in [0.1, 0.15) is 11.2 Å². The van der Waals surface area contributed by atoms with E-state index in [1.165, 1.54) is 0 Å². The lowest BCUT2D eigenvalue weighted by molar-refractivity contribution is 0.671. The second kappa shape index (κ2) is 15.5. The molecule has 0 N–H and O–H groups in total. The smallest absolute Gasteiger partial charge is 0.164 e. The Morgan fingerprint density at radius 2 is 0.607 bits per heavy atom. The molecule has 0 saturated carbocycles. The summed E-state index contributed by atoms with van der Waals surface area (Å²) in [5.74, 6) is 1.80. The van der Waals surface area contributed by atoms with E-state index in [9.17, 15) is 0 Å². The van der Waals surface area contributed by atoms with Gasteiger partial charge in [0.15, 0.2) is 17.5 Å². The Balaban J connectivity index is 1.07. The molecule has 4 nitrogen and oxygen atoms in total. The summed E-state index contributed by atoms with van der Waals surface area (Å²) >= 11 is 0. The fourth-order valence-electron chi connectivity index (χ4n) is 8.28. The van der Waals surface area contributed by atoms with Crippen LogP contribution >= 0.6 is 0 Å². The van der Waals surface area contributed by atoms with Crippen molar-refractivity contribution in [3.8, 4) is 89.8 Å². The zero-order chi connectivity index (χ0) is 40.5. The summed E-state index contributed by atoms with van der Waals surface area (Å²) in [6.07, 6.45) is 0. The highest BCUT2D eigenvalue weighted by atomic mass is 16.3. The number of aromatic nitrogens is 3. The number of hydrogen-bond acceptors (Lipinski definition) is 4. The highest BCUT2D eigenvalue weighted by Crippen LogP contribution is 2.43. The lowest BCUT2D eigenvalue weighted by atomic mass is 9.95. The van der Waals surface area contributed by atoms with Gasteiger partial charge in [-0.05, 0) is 74.8 Å². The molecule has 11 rings (SSSR count). The maximum absolute atomic E-state index is 6.97. The molecule has 0 atom stereocenters. The van der Waals surface area contributed by atoms with Crippen LogP contribution in [-0.2, 0) is 0 Å². The monoisotopic (exact) mass is 779 g/mol. The number of hydrogen-bond donors (Lipinski definition) is 0. The summed E-state index contributed by atoms with van der Waals surface area (Å²) < 4.78 is 6.97. The zero-order valence-electron chi connectivity index (χ0n) is 33.1. The second-order valence-electron chi connectivity index (χ2n) is 15.2. The molecule has 4 heteroatoms. The van der Waals surface area contributed by atoms with Gasteiger partial charge < -0.3 is 4.42 Å². The minimum absolute atomic E-state index is 0.590. The molecule has 0 aliphatic carbocycles. The summed E-state index contributed by atoms with van der Waals surface area (Å²) in [6, 6.07) is 78.1. The van der Waals surface area contributed by atoms with Gasteiger partial charge in [-0.15, -0.1) is 0 Å². The van der Waals surface area contributed by atoms with Crippen LogP contribution in [0, 0.1) is 0 Å². The molecule has 61 heavy (non-hydrogen) atoms. The predicted molar refractivity (Wildman–Crippen MR) is 251 cm³/mol. The highest BCUT2D eigenvalue weighted by molar-refractivity contribution is 6.14. The molecule has 0 amide bonds. The summed E-state index contributed by atoms with van der Waals surface area (Å²) in [4.78, 5) is 15.5. The fourth-order valence-corrected chi connectivity index (χ4v) is 8.28. The second-order valence-corrected chi connectivity index (χ2v) is 15.2. The van der Waals surface area contributed by atoms with E-state index < -0.39 is 0 Å². The van der Waals surface area contributed by atoms with Crippen molar-refractivity contribution < 1.29 is 4.42 Å². The molecule has 0 unspecified atom stereocenters. The van der Waals surface area contributed by atoms with E-state index in [2.05, 4.69) is 206 Å². The normalized spacial score (nSPS) is 11.3. The molecular weight excluding hydrogens is 743 g/mol. The summed E-state index contributed by atoms with van der Waals surface area (Å²) in [7, 11) is 0. The van der Waals surface area contributed by atoms with E-state index in [1.54, 1.807) is 0 Å². The van der Waals surface area contributed by atoms with Gasteiger partial charge in [-0.3, -0.25) is 0 Å². The predicted octanol–water partition coefficient (Wildman–Crippen LogP) is 15.1. The van der Waals surface area contributed by atoms with Gasteiger partial charge in [0.25, 0.3) is 0 Å². The van der Waals surface area contributed by atoms with Gasteiger partial charge >= 0.3 is 0 Å². The van der Waals surface area contributed by atoms with Crippen LogP contribution in [0.1, 0.15) is 0 Å². The largest absolute Gasteiger partial charge is 0.455 e. The molecule has 2 heterocycles. The van der Waals surface area contributed by atoms with Gasteiger partial charge in [-0.2, -0.15) is 0 Å². The van der Waals surface area contributed by atoms with Crippen molar-refractivity contribution in [3.05, 3.63) is 224 Å². The molecule has 2 aromatic heterocycles. The van der Waals surface area contributed by atoms with E-state index in [4.69, 9.17) is 19.4 Å². The first kappa shape index (κ1) is 35.9. The maximum atomic E-state index is 6.97. The summed E-state index contributed by atoms with van der Waals surface area (Å²) in [6.45, 7) is 0. The molecule has 0 aliphatic rings. The van der Waals surface area contributed by atoms with Crippen LogP contribution in [0.15, 0.2) is 229 Å². The topological polar surface area (TPSA) is 51.8 Å². The Bertz CT molecular complexity index is 3240. The lowest BCUT2D eigenvalue weighted by Gasteiger charge is -2.11. The number of nitrogens with zero attached hydrogens (tertiary/aromatic N) is 3. The molecule has 0 bridgehead atoms. The van der Waals surface area contributed by atoms with Crippen LogP contribution in [0.25, 0.3) is 112 Å². The first-order valence-electron chi connectivity index (χ1n) is 20.5. The van der Waals surface area contributed by atoms with Crippen molar-refractivity contribution in [1.82, 2.24) is 15.0 Å². The molecule has 11 aromatic rings. The van der Waals surface area contributed by atoms with Gasteiger partial charge in [0, 0.05) is 38.6 Å². The standard InChI is InChI=1S/C57H37N3O/c1-5-17-38(18-6-1)42-25-13-28-45(33-42)55-58-56(46-29-14-26-43(34-46)39-19-7-2-8-20-39)60-57(59-55)47-30-15-27-44(35-47)49-31-16-32-50-52-37-48(40-21-9-3-10-22-40)36-51(54(52)61-53(49)50)41-23-11-4-12-24-41/h1-37H. The Labute approximate surface area is 354 Å². The summed E-state index contributed by atoms with van der Waals surface area (Å²) in [5, 5.41) is 2.14. The average Bonchev–Trinajstić information content (AvgIpc) is 3.74. The van der Waals surface area contributed by atoms with E-state index >= 15 is 0 Å². The number of fused-ring (bicyclic) bond motifs is 3. The van der Waals surface area contributed by atoms with Gasteiger partial charge in [-0.1, -0.05) is 194 Å². The molecule has 0 saturated heterocycles. The van der Waals surface area contributed by atoms with Crippen LogP contribution in [0.2, 0.25) is 0 Å². The molecule has 9 aromatic carbocycles. The number of rotatable bonds is 8. The van der Waals surface area contributed by atoms with Gasteiger partial charge in [-0.25, -0.2) is 15.0 Å². The average molecular weight is 780 g/mol. The summed E-state index contributed by atoms with van der Waals surface area (Å²) in [5.41, 5.74) is 15.4. The van der Waals surface area contributed by atoms with Crippen molar-refractivity contribution in [2.24, 2.45) is 0 Å². The Kier molecular flexibility index (Phi) is 9.14. The van der Waals surface area contributed by atoms with Crippen LogP contribution in [0.5, 0.6) is 0 Å². The first-order valence-corrected chi connectivity index (χ1v) is 20.5. The number of benzene rings is 9. The maximum Gasteiger partial charge on any atom is 0.164 e. The Hall–Kier alpha value is -8.21. The Morgan fingerprint density at radius 1 is 0.230 bits per heavy atom. The molecule has 0 spiro atoms. The van der Waals surface area contributed by atoms with Crippen molar-refractivity contribution in [3.63, 3.8) is 0 Å². The number of para-hydroxylation sites is 1.